The molecule has 0 bridgehead atoms. The number of aromatic nitrogens is 1. The fourth-order valence-corrected chi connectivity index (χ4v) is 3.73. The number of benzene rings is 2. The summed E-state index contributed by atoms with van der Waals surface area (Å²) in [6, 6.07) is 15.8. The number of hydrogen-bond acceptors (Lipinski definition) is 3. The van der Waals surface area contributed by atoms with Crippen molar-refractivity contribution in [3.8, 4) is 11.3 Å². The Labute approximate surface area is 149 Å². The minimum Gasteiger partial charge on any atom is -0.304 e. The number of rotatable bonds is 3. The molecule has 0 aliphatic carbocycles. The van der Waals surface area contributed by atoms with Gasteiger partial charge in [-0.2, -0.15) is 0 Å². The molecular weight excluding hydrogens is 335 g/mol. The maximum atomic E-state index is 13.2. The molecule has 0 atom stereocenters. The summed E-state index contributed by atoms with van der Waals surface area (Å²) >= 11 is 1.66. The van der Waals surface area contributed by atoms with Crippen LogP contribution in [0.3, 0.4) is 0 Å². The highest BCUT2D eigenvalue weighted by molar-refractivity contribution is 7.98. The maximum absolute atomic E-state index is 13.2. The zero-order chi connectivity index (χ0) is 17.4. The predicted molar refractivity (Wildman–Crippen MR) is 98.4 cm³/mol. The zero-order valence-electron chi connectivity index (χ0n) is 13.6. The van der Waals surface area contributed by atoms with Crippen LogP contribution in [0, 0.1) is 5.82 Å². The highest BCUT2D eigenvalue weighted by Gasteiger charge is 2.31. The van der Waals surface area contributed by atoms with Crippen molar-refractivity contribution in [3.63, 3.8) is 0 Å². The lowest BCUT2D eigenvalue weighted by Crippen LogP contribution is -2.22. The number of carbonyl (C=O) groups is 1. The number of pyridine rings is 1. The molecule has 0 unspecified atom stereocenters. The van der Waals surface area contributed by atoms with Gasteiger partial charge < -0.3 is 4.90 Å². The Morgan fingerprint density at radius 2 is 1.80 bits per heavy atom. The molecule has 3 aromatic rings. The molecule has 1 aliphatic heterocycles. The van der Waals surface area contributed by atoms with E-state index in [-0.39, 0.29) is 11.7 Å². The first kappa shape index (κ1) is 15.8. The summed E-state index contributed by atoms with van der Waals surface area (Å²) in [5.41, 5.74) is 4.12. The monoisotopic (exact) mass is 350 g/mol. The molecule has 1 aliphatic rings. The summed E-state index contributed by atoms with van der Waals surface area (Å²) in [6.07, 6.45) is 3.70. The fourth-order valence-electron chi connectivity index (χ4n) is 3.13. The molecule has 0 saturated carbocycles. The van der Waals surface area contributed by atoms with Crippen molar-refractivity contribution in [3.05, 3.63) is 77.7 Å². The number of hydrogen-bond donors (Lipinski definition) is 0. The van der Waals surface area contributed by atoms with E-state index in [1.807, 2.05) is 24.5 Å². The van der Waals surface area contributed by atoms with E-state index in [4.69, 9.17) is 0 Å². The Morgan fingerprint density at radius 3 is 2.56 bits per heavy atom. The third-order valence-corrected chi connectivity index (χ3v) is 5.14. The first-order valence-corrected chi connectivity index (χ1v) is 9.10. The van der Waals surface area contributed by atoms with Crippen LogP contribution in [0.2, 0.25) is 0 Å². The van der Waals surface area contributed by atoms with Crippen LogP contribution in [0.4, 0.5) is 10.1 Å². The highest BCUT2D eigenvalue weighted by Crippen LogP contribution is 2.37. The van der Waals surface area contributed by atoms with E-state index in [0.29, 0.717) is 17.8 Å². The SMILES string of the molecule is CSc1ccccc1-c1nccc2c1CN(c1ccc(F)cc1)C2=O. The van der Waals surface area contributed by atoms with Crippen molar-refractivity contribution in [2.45, 2.75) is 11.4 Å². The Bertz CT molecular complexity index is 956. The summed E-state index contributed by atoms with van der Waals surface area (Å²) in [7, 11) is 0. The van der Waals surface area contributed by atoms with Gasteiger partial charge in [-0.1, -0.05) is 18.2 Å². The number of anilines is 1. The molecule has 2 heterocycles. The molecule has 0 spiro atoms. The van der Waals surface area contributed by atoms with Crippen LogP contribution in [0.5, 0.6) is 0 Å². The Hall–Kier alpha value is -2.66. The Morgan fingerprint density at radius 1 is 1.04 bits per heavy atom. The minimum atomic E-state index is -0.316. The van der Waals surface area contributed by atoms with Gasteiger partial charge in [0.05, 0.1) is 12.2 Å². The molecule has 3 nitrogen and oxygen atoms in total. The molecular formula is C20H15FN2OS. The van der Waals surface area contributed by atoms with Crippen molar-refractivity contribution >= 4 is 23.4 Å². The van der Waals surface area contributed by atoms with Gasteiger partial charge >= 0.3 is 0 Å². The molecule has 4 rings (SSSR count). The van der Waals surface area contributed by atoms with E-state index < -0.39 is 0 Å². The standard InChI is InChI=1S/C20H15FN2OS/c1-25-18-5-3-2-4-16(18)19-17-12-23(14-8-6-13(21)7-9-14)20(24)15(17)10-11-22-19/h2-11H,12H2,1H3. The van der Waals surface area contributed by atoms with Crippen molar-refractivity contribution in [2.75, 3.05) is 11.2 Å². The van der Waals surface area contributed by atoms with Gasteiger partial charge in [-0.3, -0.25) is 9.78 Å². The summed E-state index contributed by atoms with van der Waals surface area (Å²) in [4.78, 5) is 20.2. The zero-order valence-corrected chi connectivity index (χ0v) is 14.4. The Balaban J connectivity index is 1.80. The summed E-state index contributed by atoms with van der Waals surface area (Å²) in [5, 5.41) is 0. The van der Waals surface area contributed by atoms with E-state index in [0.717, 1.165) is 21.7 Å². The summed E-state index contributed by atoms with van der Waals surface area (Å²) in [5.74, 6) is -0.393. The second kappa shape index (κ2) is 6.33. The third-order valence-electron chi connectivity index (χ3n) is 4.35. The quantitative estimate of drug-likeness (QED) is 0.638. The summed E-state index contributed by atoms with van der Waals surface area (Å²) < 4.78 is 13.2. The molecule has 124 valence electrons. The van der Waals surface area contributed by atoms with Gasteiger partial charge in [0.2, 0.25) is 0 Å². The van der Waals surface area contributed by atoms with Gasteiger partial charge in [0.25, 0.3) is 5.91 Å². The van der Waals surface area contributed by atoms with Crippen LogP contribution in [-0.2, 0) is 6.54 Å². The van der Waals surface area contributed by atoms with E-state index >= 15 is 0 Å². The smallest absolute Gasteiger partial charge is 0.259 e. The van der Waals surface area contributed by atoms with Crippen molar-refractivity contribution in [1.82, 2.24) is 4.98 Å². The minimum absolute atomic E-state index is 0.0770. The van der Waals surface area contributed by atoms with E-state index in [1.54, 1.807) is 41.1 Å². The topological polar surface area (TPSA) is 33.2 Å². The molecule has 1 aromatic heterocycles. The fraction of sp³-hybridized carbons (Fsp3) is 0.100. The van der Waals surface area contributed by atoms with Gasteiger partial charge in [-0.05, 0) is 42.7 Å². The molecule has 2 aromatic carbocycles. The number of carbonyl (C=O) groups excluding carboxylic acids is 1. The molecule has 5 heteroatoms. The van der Waals surface area contributed by atoms with Crippen LogP contribution in [0.15, 0.2) is 65.7 Å². The normalized spacial score (nSPS) is 13.2. The average molecular weight is 350 g/mol. The van der Waals surface area contributed by atoms with Crippen LogP contribution in [-0.4, -0.2) is 17.1 Å². The third kappa shape index (κ3) is 2.70. The van der Waals surface area contributed by atoms with Crippen LogP contribution in [0.25, 0.3) is 11.3 Å². The van der Waals surface area contributed by atoms with Crippen molar-refractivity contribution < 1.29 is 9.18 Å². The van der Waals surface area contributed by atoms with Gasteiger partial charge in [0.1, 0.15) is 5.82 Å². The van der Waals surface area contributed by atoms with E-state index in [9.17, 15) is 9.18 Å². The lowest BCUT2D eigenvalue weighted by Gasteiger charge is -2.15. The average Bonchev–Trinajstić information content (AvgIpc) is 2.99. The second-order valence-electron chi connectivity index (χ2n) is 5.75. The van der Waals surface area contributed by atoms with Crippen LogP contribution < -0.4 is 4.90 Å². The van der Waals surface area contributed by atoms with Crippen molar-refractivity contribution in [2.24, 2.45) is 0 Å². The van der Waals surface area contributed by atoms with Gasteiger partial charge in [-0.15, -0.1) is 11.8 Å². The van der Waals surface area contributed by atoms with Crippen LogP contribution in [0.1, 0.15) is 15.9 Å². The first-order valence-electron chi connectivity index (χ1n) is 7.88. The van der Waals surface area contributed by atoms with Crippen LogP contribution >= 0.6 is 11.8 Å². The second-order valence-corrected chi connectivity index (χ2v) is 6.60. The number of thioether (sulfide) groups is 1. The first-order chi connectivity index (χ1) is 12.2. The number of nitrogens with zero attached hydrogens (tertiary/aromatic N) is 2. The van der Waals surface area contributed by atoms with Gasteiger partial charge in [-0.25, -0.2) is 4.39 Å². The molecule has 1 amide bonds. The summed E-state index contributed by atoms with van der Waals surface area (Å²) in [6.45, 7) is 0.436. The molecule has 0 fully saturated rings. The Kier molecular flexibility index (Phi) is 4.01. The molecule has 0 radical (unpaired) electrons. The maximum Gasteiger partial charge on any atom is 0.259 e. The number of fused-ring (bicyclic) bond motifs is 1. The molecule has 25 heavy (non-hydrogen) atoms. The highest BCUT2D eigenvalue weighted by atomic mass is 32.2. The number of amides is 1. The van der Waals surface area contributed by atoms with E-state index in [2.05, 4.69) is 11.1 Å². The predicted octanol–water partition coefficient (Wildman–Crippen LogP) is 4.77. The molecule has 0 saturated heterocycles. The largest absolute Gasteiger partial charge is 0.304 e. The number of halogens is 1. The van der Waals surface area contributed by atoms with E-state index in [1.165, 1.54) is 12.1 Å². The van der Waals surface area contributed by atoms with Gasteiger partial charge in [0.15, 0.2) is 0 Å². The molecule has 0 N–H and O–H groups in total. The lowest BCUT2D eigenvalue weighted by atomic mass is 10.0. The van der Waals surface area contributed by atoms with Crippen molar-refractivity contribution in [1.29, 1.82) is 0 Å². The lowest BCUT2D eigenvalue weighted by molar-refractivity contribution is 0.0996. The van der Waals surface area contributed by atoms with Gasteiger partial charge in [0, 0.05) is 33.5 Å².